The van der Waals surface area contributed by atoms with Crippen LogP contribution < -0.4 is 10.1 Å². The van der Waals surface area contributed by atoms with E-state index < -0.39 is 28.6 Å². The molecule has 2 fully saturated rings. The molecule has 0 heterocycles. The second kappa shape index (κ2) is 10.6. The van der Waals surface area contributed by atoms with Crippen LogP contribution in [0.15, 0.2) is 48.1 Å². The van der Waals surface area contributed by atoms with Crippen LogP contribution >= 0.6 is 0 Å². The van der Waals surface area contributed by atoms with Crippen LogP contribution in [0, 0.1) is 40.4 Å². The van der Waals surface area contributed by atoms with Crippen LogP contribution in [-0.2, 0) is 14.3 Å². The molecule has 0 bridgehead atoms. The fourth-order valence-corrected chi connectivity index (χ4v) is 8.13. The van der Waals surface area contributed by atoms with Gasteiger partial charge in [0.1, 0.15) is 23.7 Å². The van der Waals surface area contributed by atoms with Crippen molar-refractivity contribution >= 4 is 23.9 Å². The number of carbonyl (C=O) groups excluding carboxylic acids is 3. The number of allylic oxidation sites excluding steroid dienone is 4. The van der Waals surface area contributed by atoms with E-state index in [-0.39, 0.29) is 29.5 Å². The maximum absolute atomic E-state index is 13.4. The van der Waals surface area contributed by atoms with Gasteiger partial charge in [-0.05, 0) is 73.6 Å². The van der Waals surface area contributed by atoms with E-state index >= 15 is 0 Å². The van der Waals surface area contributed by atoms with Gasteiger partial charge in [-0.15, -0.1) is 0 Å². The van der Waals surface area contributed by atoms with E-state index in [1.165, 1.54) is 6.92 Å². The van der Waals surface area contributed by atoms with Crippen molar-refractivity contribution in [3.63, 3.8) is 0 Å². The number of methoxy groups -OCH3 is 1. The summed E-state index contributed by atoms with van der Waals surface area (Å²) in [4.78, 5) is 37.9. The lowest BCUT2D eigenvalue weighted by atomic mass is 9.45. The molecule has 39 heavy (non-hydrogen) atoms. The van der Waals surface area contributed by atoms with Gasteiger partial charge in [0.15, 0.2) is 5.78 Å². The Kier molecular flexibility index (Phi) is 7.87. The van der Waals surface area contributed by atoms with E-state index in [1.54, 1.807) is 37.5 Å². The van der Waals surface area contributed by atoms with E-state index in [4.69, 9.17) is 9.47 Å². The summed E-state index contributed by atoms with van der Waals surface area (Å²) < 4.78 is 11.6. The molecule has 1 aromatic rings. The average Bonchev–Trinajstić information content (AvgIpc) is 3.16. The summed E-state index contributed by atoms with van der Waals surface area (Å²) in [7, 11) is 1.56. The fraction of sp³-hybridized carbons (Fsp3) is 0.594. The Hall–Kier alpha value is -2.93. The Bertz CT molecular complexity index is 1190. The predicted octanol–water partition coefficient (Wildman–Crippen LogP) is 5.98. The van der Waals surface area contributed by atoms with Gasteiger partial charge in [0.2, 0.25) is 0 Å². The van der Waals surface area contributed by atoms with Crippen molar-refractivity contribution in [2.45, 2.75) is 72.5 Å². The highest BCUT2D eigenvalue weighted by molar-refractivity contribution is 5.87. The third kappa shape index (κ3) is 4.62. The summed E-state index contributed by atoms with van der Waals surface area (Å²) in [6, 6.07) is 7.05. The molecule has 4 rings (SSSR count). The predicted molar refractivity (Wildman–Crippen MR) is 150 cm³/mol. The highest BCUT2D eigenvalue weighted by Gasteiger charge is 2.68. The zero-order valence-electron chi connectivity index (χ0n) is 24.2. The number of Topliss-reactive ketones (excluding diaryl/α,β-unsaturated/α-hetero) is 1. The first-order valence-corrected chi connectivity index (χ1v) is 14.0. The molecule has 1 unspecified atom stereocenters. The molecular weight excluding hydrogens is 494 g/mol. The third-order valence-electron chi connectivity index (χ3n) is 10.6. The van der Waals surface area contributed by atoms with Crippen molar-refractivity contribution < 1.29 is 29.0 Å². The zero-order chi connectivity index (χ0) is 28.8. The topological polar surface area (TPSA) is 102 Å². The number of benzene rings is 1. The first kappa shape index (κ1) is 29.1. The quantitative estimate of drug-likeness (QED) is 0.328. The maximum Gasteiger partial charge on any atom is 0.411 e. The number of hydrogen-bond donors (Lipinski definition) is 2. The molecule has 7 nitrogen and oxygen atoms in total. The number of aliphatic hydroxyl groups is 1. The summed E-state index contributed by atoms with van der Waals surface area (Å²) in [5.41, 5.74) is -1.27. The lowest BCUT2D eigenvalue weighted by molar-refractivity contribution is -0.173. The number of ether oxygens (including phenoxy) is 2. The largest absolute Gasteiger partial charge is 0.497 e. The Morgan fingerprint density at radius 2 is 1.92 bits per heavy atom. The van der Waals surface area contributed by atoms with Crippen LogP contribution in [-0.4, -0.2) is 42.1 Å². The summed E-state index contributed by atoms with van der Waals surface area (Å²) in [6.45, 7) is 12.2. The SMILES string of the molecule is COc1cccc(NC(=O)O[C@H]2C[C@@]3(C)[C@@H](CC[C@]3(O)C(C)=O)[C@@H]3C=C/C(=C/C=O)[C@@](C)(C(C)C(C)C)[C@@H]32)c1. The lowest BCUT2D eigenvalue weighted by Gasteiger charge is -2.60. The van der Waals surface area contributed by atoms with Crippen LogP contribution in [0.3, 0.4) is 0 Å². The van der Waals surface area contributed by atoms with Crippen molar-refractivity contribution in [2.75, 3.05) is 12.4 Å². The molecule has 2 saturated carbocycles. The molecular formula is C32H43NO6. The van der Waals surface area contributed by atoms with Gasteiger partial charge in [0, 0.05) is 28.5 Å². The number of amides is 1. The molecule has 0 aromatic heterocycles. The lowest BCUT2D eigenvalue weighted by Crippen LogP contribution is -2.62. The van der Waals surface area contributed by atoms with Gasteiger partial charge in [-0.25, -0.2) is 4.79 Å². The van der Waals surface area contributed by atoms with E-state index in [0.717, 1.165) is 11.9 Å². The molecule has 212 valence electrons. The first-order valence-electron chi connectivity index (χ1n) is 14.0. The van der Waals surface area contributed by atoms with Gasteiger partial charge < -0.3 is 14.6 Å². The van der Waals surface area contributed by atoms with Gasteiger partial charge in [-0.1, -0.05) is 52.8 Å². The van der Waals surface area contributed by atoms with Crippen LogP contribution in [0.4, 0.5) is 10.5 Å². The summed E-state index contributed by atoms with van der Waals surface area (Å²) in [5, 5.41) is 14.6. The Morgan fingerprint density at radius 1 is 1.21 bits per heavy atom. The summed E-state index contributed by atoms with van der Waals surface area (Å²) >= 11 is 0. The third-order valence-corrected chi connectivity index (χ3v) is 10.6. The van der Waals surface area contributed by atoms with Crippen molar-refractivity contribution in [3.05, 3.63) is 48.1 Å². The zero-order valence-corrected chi connectivity index (χ0v) is 24.2. The molecule has 0 aliphatic heterocycles. The fourth-order valence-electron chi connectivity index (χ4n) is 8.13. The molecule has 1 amide bonds. The summed E-state index contributed by atoms with van der Waals surface area (Å²) in [5.74, 6) is 0.672. The smallest absolute Gasteiger partial charge is 0.411 e. The molecule has 2 N–H and O–H groups in total. The Balaban J connectivity index is 1.80. The van der Waals surface area contributed by atoms with E-state index in [0.29, 0.717) is 36.6 Å². The number of fused-ring (bicyclic) bond motifs is 3. The Morgan fingerprint density at radius 3 is 2.54 bits per heavy atom. The number of nitrogens with one attached hydrogen (secondary N) is 1. The van der Waals surface area contributed by atoms with Gasteiger partial charge in [0.25, 0.3) is 0 Å². The van der Waals surface area contributed by atoms with Crippen molar-refractivity contribution in [1.29, 1.82) is 0 Å². The second-order valence-corrected chi connectivity index (χ2v) is 12.5. The van der Waals surface area contributed by atoms with Gasteiger partial charge >= 0.3 is 6.09 Å². The van der Waals surface area contributed by atoms with Crippen LogP contribution in [0.1, 0.15) is 60.8 Å². The summed E-state index contributed by atoms with van der Waals surface area (Å²) in [6.07, 6.45) is 6.86. The minimum absolute atomic E-state index is 0.0328. The molecule has 8 atom stereocenters. The number of rotatable bonds is 7. The minimum atomic E-state index is -1.49. The normalized spacial score (nSPS) is 37.1. The number of anilines is 1. The number of carbonyl (C=O) groups is 3. The van der Waals surface area contributed by atoms with Crippen LogP contribution in [0.2, 0.25) is 0 Å². The van der Waals surface area contributed by atoms with Crippen molar-refractivity contribution in [2.24, 2.45) is 40.4 Å². The monoisotopic (exact) mass is 537 g/mol. The van der Waals surface area contributed by atoms with E-state index in [1.807, 2.05) is 13.0 Å². The number of hydrogen-bond acceptors (Lipinski definition) is 6. The molecule has 3 aliphatic carbocycles. The van der Waals surface area contributed by atoms with Crippen LogP contribution in [0.25, 0.3) is 0 Å². The van der Waals surface area contributed by atoms with E-state index in [9.17, 15) is 19.5 Å². The molecule has 0 saturated heterocycles. The highest BCUT2D eigenvalue weighted by atomic mass is 16.6. The van der Waals surface area contributed by atoms with Gasteiger partial charge in [-0.3, -0.25) is 14.9 Å². The molecule has 0 radical (unpaired) electrons. The Labute approximate surface area is 232 Å². The first-order chi connectivity index (χ1) is 18.3. The van der Waals surface area contributed by atoms with Crippen LogP contribution in [0.5, 0.6) is 5.75 Å². The highest BCUT2D eigenvalue weighted by Crippen LogP contribution is 2.67. The van der Waals surface area contributed by atoms with Gasteiger partial charge in [-0.2, -0.15) is 0 Å². The minimum Gasteiger partial charge on any atom is -0.497 e. The number of ketones is 1. The maximum atomic E-state index is 13.4. The van der Waals surface area contributed by atoms with E-state index in [2.05, 4.69) is 39.1 Å². The van der Waals surface area contributed by atoms with Crippen molar-refractivity contribution in [1.82, 2.24) is 0 Å². The molecule has 3 aliphatic rings. The molecule has 7 heteroatoms. The molecule has 1 aromatic carbocycles. The molecule has 0 spiro atoms. The second-order valence-electron chi connectivity index (χ2n) is 12.5. The van der Waals surface area contributed by atoms with Gasteiger partial charge in [0.05, 0.1) is 7.11 Å². The average molecular weight is 538 g/mol. The standard InChI is InChI=1S/C32H43NO6/c1-19(2)20(3)31(6)22(14-16-34)11-12-25-26-13-15-32(37,21(4)35)30(26,5)18-27(28(25)31)39-29(36)33-23-9-8-10-24(17-23)38-7/h8-12,14,16-17,19-20,25-28,37H,13,15,18H2,1-7H3,(H,33,36)/b22-14-/t20?,25-,26-,27-,28-,30-,31+,32-/m0/s1. The number of aldehydes is 1. The van der Waals surface area contributed by atoms with Crippen molar-refractivity contribution in [3.8, 4) is 5.75 Å².